The van der Waals surface area contributed by atoms with Crippen molar-refractivity contribution in [3.05, 3.63) is 63.2 Å². The molecule has 39 heavy (non-hydrogen) atoms. The van der Waals surface area contributed by atoms with Crippen molar-refractivity contribution in [2.24, 2.45) is 23.7 Å². The van der Waals surface area contributed by atoms with Gasteiger partial charge in [0.25, 0.3) is 0 Å². The summed E-state index contributed by atoms with van der Waals surface area (Å²) in [5.74, 6) is -4.32. The number of phenols is 1. The van der Waals surface area contributed by atoms with Crippen molar-refractivity contribution >= 4 is 51.4 Å². The number of carboxylic acids is 1. The molecule has 1 saturated heterocycles. The standard InChI is InChI=1S/C29H26BrNO8/c1-39-23-11-14(5-9-21(23)32)4-6-16-15-7-8-17-26(29(38)31(28(17)37)10-2-3-24(34)35)18(15)12-19-25(16)22(33)13-20(30)27(19)36/h4-7,9,11,13,16-18,26,32H,2-3,8,10,12H2,1H3,(H,34,35)/t16-,17-,18+,26-/m0/s1. The van der Waals surface area contributed by atoms with E-state index in [-0.39, 0.29) is 65.2 Å². The fraction of sp³-hybridized carbons (Fsp3) is 0.345. The number of allylic oxidation sites excluding steroid dienone is 7. The molecule has 2 N–H and O–H groups in total. The molecule has 3 aliphatic carbocycles. The van der Waals surface area contributed by atoms with Gasteiger partial charge in [-0.25, -0.2) is 0 Å². The predicted molar refractivity (Wildman–Crippen MR) is 143 cm³/mol. The van der Waals surface area contributed by atoms with E-state index in [0.717, 1.165) is 10.5 Å². The molecule has 1 aromatic carbocycles. The molecule has 0 saturated carbocycles. The molecule has 202 valence electrons. The number of hydrogen-bond acceptors (Lipinski definition) is 7. The van der Waals surface area contributed by atoms with Crippen LogP contribution in [0, 0.1) is 23.7 Å². The average molecular weight is 596 g/mol. The second-order valence-corrected chi connectivity index (χ2v) is 10.9. The number of ketones is 2. The van der Waals surface area contributed by atoms with Gasteiger partial charge >= 0.3 is 5.97 Å². The first-order chi connectivity index (χ1) is 18.6. The summed E-state index contributed by atoms with van der Waals surface area (Å²) in [7, 11) is 1.44. The number of carbonyl (C=O) groups excluding carboxylic acids is 4. The van der Waals surface area contributed by atoms with Crippen LogP contribution in [0.5, 0.6) is 11.5 Å². The molecule has 1 heterocycles. The summed E-state index contributed by atoms with van der Waals surface area (Å²) < 4.78 is 5.34. The minimum atomic E-state index is -0.998. The summed E-state index contributed by atoms with van der Waals surface area (Å²) in [5.41, 5.74) is 2.21. The Hall–Kier alpha value is -3.79. The van der Waals surface area contributed by atoms with Crippen molar-refractivity contribution in [3.63, 3.8) is 0 Å². The molecular formula is C29H26BrNO8. The van der Waals surface area contributed by atoms with E-state index in [1.807, 2.05) is 12.2 Å². The van der Waals surface area contributed by atoms with Crippen LogP contribution in [0.3, 0.4) is 0 Å². The van der Waals surface area contributed by atoms with Gasteiger partial charge in [0.1, 0.15) is 0 Å². The van der Waals surface area contributed by atoms with Gasteiger partial charge in [0.2, 0.25) is 11.8 Å². The lowest BCUT2D eigenvalue weighted by molar-refractivity contribution is -0.142. The monoisotopic (exact) mass is 595 g/mol. The van der Waals surface area contributed by atoms with Crippen molar-refractivity contribution < 1.29 is 38.9 Å². The van der Waals surface area contributed by atoms with Crippen molar-refractivity contribution in [2.45, 2.75) is 25.7 Å². The third-order valence-corrected chi connectivity index (χ3v) is 8.52. The largest absolute Gasteiger partial charge is 0.504 e. The van der Waals surface area contributed by atoms with E-state index in [2.05, 4.69) is 15.9 Å². The summed E-state index contributed by atoms with van der Waals surface area (Å²) >= 11 is 3.20. The van der Waals surface area contributed by atoms with E-state index >= 15 is 0 Å². The minimum Gasteiger partial charge on any atom is -0.504 e. The zero-order valence-electron chi connectivity index (χ0n) is 21.1. The smallest absolute Gasteiger partial charge is 0.303 e. The number of likely N-dealkylation sites (tertiary alicyclic amines) is 1. The number of nitrogens with zero attached hydrogens (tertiary/aromatic N) is 1. The number of phenolic OH excluding ortho intramolecular Hbond substituents is 1. The highest BCUT2D eigenvalue weighted by atomic mass is 79.9. The summed E-state index contributed by atoms with van der Waals surface area (Å²) in [4.78, 5) is 65.2. The maximum atomic E-state index is 13.5. The van der Waals surface area contributed by atoms with Crippen LogP contribution < -0.4 is 4.74 Å². The molecule has 1 fully saturated rings. The predicted octanol–water partition coefficient (Wildman–Crippen LogP) is 3.57. The number of fused-ring (bicyclic) bond motifs is 3. The van der Waals surface area contributed by atoms with Crippen LogP contribution >= 0.6 is 15.9 Å². The molecule has 0 aromatic heterocycles. The molecule has 4 aliphatic rings. The first kappa shape index (κ1) is 26.8. The number of ether oxygens (including phenoxy) is 1. The number of carbonyl (C=O) groups is 5. The number of carboxylic acid groups (broad SMARTS) is 1. The normalized spacial score (nSPS) is 26.4. The maximum Gasteiger partial charge on any atom is 0.303 e. The Morgan fingerprint density at radius 2 is 1.95 bits per heavy atom. The first-order valence-electron chi connectivity index (χ1n) is 12.6. The average Bonchev–Trinajstić information content (AvgIpc) is 3.15. The van der Waals surface area contributed by atoms with Gasteiger partial charge in [0.15, 0.2) is 23.1 Å². The molecule has 0 bridgehead atoms. The molecule has 0 unspecified atom stereocenters. The molecule has 9 nitrogen and oxygen atoms in total. The molecule has 4 atom stereocenters. The first-order valence-corrected chi connectivity index (χ1v) is 13.4. The second kappa shape index (κ2) is 10.4. The number of halogens is 1. The number of rotatable bonds is 7. The number of methoxy groups -OCH3 is 1. The summed E-state index contributed by atoms with van der Waals surface area (Å²) in [5, 5.41) is 18.9. The van der Waals surface area contributed by atoms with Gasteiger partial charge in [-0.1, -0.05) is 29.9 Å². The maximum absolute atomic E-state index is 13.5. The highest BCUT2D eigenvalue weighted by Gasteiger charge is 2.55. The van der Waals surface area contributed by atoms with E-state index in [4.69, 9.17) is 9.84 Å². The number of benzene rings is 1. The third-order valence-electron chi connectivity index (χ3n) is 7.93. The van der Waals surface area contributed by atoms with Crippen molar-refractivity contribution in [2.75, 3.05) is 13.7 Å². The fourth-order valence-electron chi connectivity index (χ4n) is 6.16. The number of hydrogen-bond donors (Lipinski definition) is 2. The van der Waals surface area contributed by atoms with Gasteiger partial charge in [-0.3, -0.25) is 28.9 Å². The Morgan fingerprint density at radius 1 is 1.18 bits per heavy atom. The zero-order valence-corrected chi connectivity index (χ0v) is 22.6. The quantitative estimate of drug-likeness (QED) is 0.277. The lowest BCUT2D eigenvalue weighted by Crippen LogP contribution is -2.40. The number of imide groups is 1. The van der Waals surface area contributed by atoms with E-state index in [9.17, 15) is 29.1 Å². The van der Waals surface area contributed by atoms with E-state index in [0.29, 0.717) is 23.1 Å². The minimum absolute atomic E-state index is 0.0150. The van der Waals surface area contributed by atoms with Gasteiger partial charge in [0.05, 0.1) is 23.4 Å². The Labute approximate surface area is 232 Å². The van der Waals surface area contributed by atoms with Crippen LogP contribution in [0.2, 0.25) is 0 Å². The Balaban J connectivity index is 1.53. The van der Waals surface area contributed by atoms with Crippen molar-refractivity contribution in [1.29, 1.82) is 0 Å². The number of Topliss-reactive ketones (excluding diaryl/α,β-unsaturated/α-hetero) is 1. The molecular weight excluding hydrogens is 570 g/mol. The molecule has 1 aliphatic heterocycles. The highest BCUT2D eigenvalue weighted by Crippen LogP contribution is 2.53. The fourth-order valence-corrected chi connectivity index (χ4v) is 6.61. The number of aliphatic carboxylic acids is 1. The lowest BCUT2D eigenvalue weighted by Gasteiger charge is -2.41. The molecule has 0 radical (unpaired) electrons. The van der Waals surface area contributed by atoms with Crippen LogP contribution in [-0.2, 0) is 24.0 Å². The number of amides is 2. The summed E-state index contributed by atoms with van der Waals surface area (Å²) in [6, 6.07) is 4.83. The second-order valence-electron chi connectivity index (χ2n) is 10.1. The molecule has 2 amide bonds. The topological polar surface area (TPSA) is 138 Å². The van der Waals surface area contributed by atoms with Crippen molar-refractivity contribution in [1.82, 2.24) is 4.90 Å². The summed E-state index contributed by atoms with van der Waals surface area (Å²) in [6.07, 6.45) is 7.26. The molecule has 5 rings (SSSR count). The van der Waals surface area contributed by atoms with Gasteiger partial charge < -0.3 is 14.9 Å². The highest BCUT2D eigenvalue weighted by molar-refractivity contribution is 9.12. The number of aromatic hydroxyl groups is 1. The van der Waals surface area contributed by atoms with Crippen LogP contribution in [0.15, 0.2) is 57.6 Å². The Bertz CT molecular complexity index is 1430. The van der Waals surface area contributed by atoms with E-state index in [1.165, 1.54) is 19.3 Å². The van der Waals surface area contributed by atoms with E-state index in [1.54, 1.807) is 18.2 Å². The molecule has 1 aromatic rings. The van der Waals surface area contributed by atoms with Crippen LogP contribution in [0.25, 0.3) is 6.08 Å². The Morgan fingerprint density at radius 3 is 2.67 bits per heavy atom. The van der Waals surface area contributed by atoms with Gasteiger partial charge in [0, 0.05) is 36.1 Å². The van der Waals surface area contributed by atoms with Crippen LogP contribution in [0.4, 0.5) is 0 Å². The van der Waals surface area contributed by atoms with Crippen molar-refractivity contribution in [3.8, 4) is 11.5 Å². The van der Waals surface area contributed by atoms with Gasteiger partial charge in [-0.15, -0.1) is 0 Å². The molecule has 0 spiro atoms. The SMILES string of the molecule is COc1cc(C=C[C@H]2C3=CC[C@@H]4C(=O)N(CCCC(=O)O)C(=O)[C@@H]4[C@@H]3CC3=C2C(=O)C=C(Br)C3=O)ccc1O. The zero-order chi connectivity index (χ0) is 28.0. The third kappa shape index (κ3) is 4.67. The summed E-state index contributed by atoms with van der Waals surface area (Å²) in [6.45, 7) is 0.0324. The van der Waals surface area contributed by atoms with Crippen LogP contribution in [-0.4, -0.2) is 58.1 Å². The van der Waals surface area contributed by atoms with Gasteiger partial charge in [-0.05, 0) is 58.8 Å². The van der Waals surface area contributed by atoms with Crippen LogP contribution in [0.1, 0.15) is 31.2 Å². The lowest BCUT2D eigenvalue weighted by atomic mass is 9.61. The Kier molecular flexibility index (Phi) is 7.15. The van der Waals surface area contributed by atoms with Gasteiger partial charge in [-0.2, -0.15) is 0 Å². The molecule has 10 heteroatoms. The van der Waals surface area contributed by atoms with E-state index < -0.39 is 29.6 Å².